The van der Waals surface area contributed by atoms with Crippen LogP contribution in [0.1, 0.15) is 62.2 Å². The minimum absolute atomic E-state index is 0.170. The zero-order valence-corrected chi connectivity index (χ0v) is 14.4. The van der Waals surface area contributed by atoms with Crippen molar-refractivity contribution in [3.05, 3.63) is 34.9 Å². The Bertz CT molecular complexity index is 466. The highest BCUT2D eigenvalue weighted by Gasteiger charge is 2.18. The summed E-state index contributed by atoms with van der Waals surface area (Å²) in [5.41, 5.74) is 0.669. The zero-order chi connectivity index (χ0) is 15.8. The summed E-state index contributed by atoms with van der Waals surface area (Å²) in [6.45, 7) is 5.71. The zero-order valence-electron chi connectivity index (χ0n) is 13.7. The fourth-order valence-electron chi connectivity index (χ4n) is 3.28. The number of hydrogen-bond acceptors (Lipinski definition) is 2. The number of ketones is 1. The lowest BCUT2D eigenvalue weighted by Gasteiger charge is -2.31. The van der Waals surface area contributed by atoms with Gasteiger partial charge >= 0.3 is 0 Å². The molecular weight excluding hydrogens is 294 g/mol. The van der Waals surface area contributed by atoms with Gasteiger partial charge in [0.25, 0.3) is 0 Å². The minimum atomic E-state index is 0.170. The van der Waals surface area contributed by atoms with Crippen molar-refractivity contribution in [3.63, 3.8) is 0 Å². The van der Waals surface area contributed by atoms with Gasteiger partial charge in [-0.3, -0.25) is 4.79 Å². The number of unbranched alkanes of at least 4 members (excludes halogenated alkanes) is 1. The van der Waals surface area contributed by atoms with Gasteiger partial charge in [0.1, 0.15) is 0 Å². The number of likely N-dealkylation sites (tertiary alicyclic amines) is 1. The van der Waals surface area contributed by atoms with E-state index in [0.717, 1.165) is 18.9 Å². The van der Waals surface area contributed by atoms with Crippen molar-refractivity contribution in [3.8, 4) is 0 Å². The molecule has 1 aromatic carbocycles. The van der Waals surface area contributed by atoms with Gasteiger partial charge in [-0.2, -0.15) is 0 Å². The molecule has 2 rings (SSSR count). The van der Waals surface area contributed by atoms with Gasteiger partial charge < -0.3 is 4.90 Å². The Morgan fingerprint density at radius 2 is 1.95 bits per heavy atom. The SMILES string of the molecule is CCCCC1CCN(CCCC(=O)c2ccccc2Cl)CC1. The molecule has 0 unspecified atom stereocenters. The lowest BCUT2D eigenvalue weighted by atomic mass is 9.91. The van der Waals surface area contributed by atoms with Crippen LogP contribution in [-0.2, 0) is 0 Å². The normalized spacial score (nSPS) is 16.8. The summed E-state index contributed by atoms with van der Waals surface area (Å²) in [5.74, 6) is 1.10. The maximum absolute atomic E-state index is 12.2. The average molecular weight is 322 g/mol. The van der Waals surface area contributed by atoms with Crippen LogP contribution < -0.4 is 0 Å². The van der Waals surface area contributed by atoms with E-state index >= 15 is 0 Å². The Morgan fingerprint density at radius 3 is 2.64 bits per heavy atom. The highest BCUT2D eigenvalue weighted by molar-refractivity contribution is 6.33. The highest BCUT2D eigenvalue weighted by atomic mass is 35.5. The van der Waals surface area contributed by atoms with Crippen LogP contribution in [0.4, 0.5) is 0 Å². The number of nitrogens with zero attached hydrogens (tertiary/aromatic N) is 1. The Labute approximate surface area is 139 Å². The molecule has 122 valence electrons. The van der Waals surface area contributed by atoms with E-state index in [4.69, 9.17) is 11.6 Å². The van der Waals surface area contributed by atoms with Crippen molar-refractivity contribution in [2.24, 2.45) is 5.92 Å². The number of hydrogen-bond donors (Lipinski definition) is 0. The summed E-state index contributed by atoms with van der Waals surface area (Å²) in [4.78, 5) is 14.7. The Balaban J connectivity index is 1.65. The van der Waals surface area contributed by atoms with Gasteiger partial charge in [-0.25, -0.2) is 0 Å². The van der Waals surface area contributed by atoms with Crippen LogP contribution >= 0.6 is 11.6 Å². The molecule has 1 saturated heterocycles. The first-order chi connectivity index (χ1) is 10.7. The number of Topliss-reactive ketones (excluding diaryl/α,β-unsaturated/α-hetero) is 1. The van der Waals surface area contributed by atoms with Crippen LogP contribution in [0.3, 0.4) is 0 Å². The number of rotatable bonds is 8. The van der Waals surface area contributed by atoms with Crippen LogP contribution in [0.25, 0.3) is 0 Å². The molecule has 0 radical (unpaired) electrons. The van der Waals surface area contributed by atoms with Crippen molar-refractivity contribution in [2.45, 2.75) is 51.9 Å². The first-order valence-electron chi connectivity index (χ1n) is 8.70. The molecule has 1 fully saturated rings. The van der Waals surface area contributed by atoms with Crippen molar-refractivity contribution < 1.29 is 4.79 Å². The smallest absolute Gasteiger partial charge is 0.164 e. The van der Waals surface area contributed by atoms with Crippen LogP contribution in [0.2, 0.25) is 5.02 Å². The van der Waals surface area contributed by atoms with E-state index in [1.165, 1.54) is 45.2 Å². The fourth-order valence-corrected chi connectivity index (χ4v) is 3.52. The summed E-state index contributed by atoms with van der Waals surface area (Å²) in [5, 5.41) is 0.573. The summed E-state index contributed by atoms with van der Waals surface area (Å²) in [7, 11) is 0. The van der Waals surface area contributed by atoms with Gasteiger partial charge in [0.05, 0.1) is 5.02 Å². The van der Waals surface area contributed by atoms with E-state index in [1.54, 1.807) is 6.07 Å². The average Bonchev–Trinajstić information content (AvgIpc) is 2.54. The van der Waals surface area contributed by atoms with Crippen LogP contribution in [0.5, 0.6) is 0 Å². The van der Waals surface area contributed by atoms with E-state index in [2.05, 4.69) is 11.8 Å². The van der Waals surface area contributed by atoms with Crippen molar-refractivity contribution >= 4 is 17.4 Å². The molecule has 1 aliphatic rings. The molecule has 0 bridgehead atoms. The largest absolute Gasteiger partial charge is 0.303 e. The third kappa shape index (κ3) is 5.40. The van der Waals surface area contributed by atoms with Crippen molar-refractivity contribution in [1.29, 1.82) is 0 Å². The molecule has 0 amide bonds. The maximum atomic E-state index is 12.2. The predicted molar refractivity (Wildman–Crippen MR) is 93.7 cm³/mol. The number of carbonyl (C=O) groups excluding carboxylic acids is 1. The molecule has 1 heterocycles. The van der Waals surface area contributed by atoms with E-state index < -0.39 is 0 Å². The molecule has 3 heteroatoms. The van der Waals surface area contributed by atoms with Crippen LogP contribution in [-0.4, -0.2) is 30.3 Å². The minimum Gasteiger partial charge on any atom is -0.303 e. The van der Waals surface area contributed by atoms with Gasteiger partial charge in [-0.1, -0.05) is 49.9 Å². The summed E-state index contributed by atoms with van der Waals surface area (Å²) in [6.07, 6.45) is 8.27. The second-order valence-corrected chi connectivity index (χ2v) is 6.84. The van der Waals surface area contributed by atoms with E-state index in [-0.39, 0.29) is 5.78 Å². The van der Waals surface area contributed by atoms with E-state index in [1.807, 2.05) is 18.2 Å². The lowest BCUT2D eigenvalue weighted by molar-refractivity contribution is 0.0970. The van der Waals surface area contributed by atoms with E-state index in [9.17, 15) is 4.79 Å². The monoisotopic (exact) mass is 321 g/mol. The molecule has 2 nitrogen and oxygen atoms in total. The third-order valence-corrected chi connectivity index (χ3v) is 5.06. The fraction of sp³-hybridized carbons (Fsp3) is 0.632. The van der Waals surface area contributed by atoms with Gasteiger partial charge in [-0.15, -0.1) is 0 Å². The molecule has 0 N–H and O–H groups in total. The topological polar surface area (TPSA) is 20.3 Å². The standard InChI is InChI=1S/C19H28ClNO/c1-2-3-7-16-11-14-21(15-12-16)13-6-10-19(22)17-8-4-5-9-18(17)20/h4-5,8-9,16H,2-3,6-7,10-15H2,1H3. The summed E-state index contributed by atoms with van der Waals surface area (Å²) < 4.78 is 0. The third-order valence-electron chi connectivity index (χ3n) is 4.73. The molecule has 0 aromatic heterocycles. The summed E-state index contributed by atoms with van der Waals surface area (Å²) >= 11 is 6.07. The Hall–Kier alpha value is -0.860. The number of carbonyl (C=O) groups is 1. The summed E-state index contributed by atoms with van der Waals surface area (Å²) in [6, 6.07) is 7.35. The van der Waals surface area contributed by atoms with Crippen molar-refractivity contribution in [1.82, 2.24) is 4.90 Å². The molecule has 1 aromatic rings. The maximum Gasteiger partial charge on any atom is 0.164 e. The number of halogens is 1. The van der Waals surface area contributed by atoms with Crippen LogP contribution in [0, 0.1) is 5.92 Å². The molecule has 1 aliphatic heterocycles. The number of piperidine rings is 1. The van der Waals surface area contributed by atoms with Gasteiger partial charge in [0.2, 0.25) is 0 Å². The van der Waals surface area contributed by atoms with Gasteiger partial charge in [0.15, 0.2) is 5.78 Å². The highest BCUT2D eigenvalue weighted by Crippen LogP contribution is 2.23. The molecule has 22 heavy (non-hydrogen) atoms. The predicted octanol–water partition coefficient (Wildman–Crippen LogP) is 5.21. The van der Waals surface area contributed by atoms with Crippen LogP contribution in [0.15, 0.2) is 24.3 Å². The Morgan fingerprint density at radius 1 is 1.23 bits per heavy atom. The first-order valence-corrected chi connectivity index (χ1v) is 9.08. The quantitative estimate of drug-likeness (QED) is 0.613. The second kappa shape index (κ2) is 9.32. The second-order valence-electron chi connectivity index (χ2n) is 6.43. The molecule has 0 aliphatic carbocycles. The van der Waals surface area contributed by atoms with E-state index in [0.29, 0.717) is 17.0 Å². The molecule has 0 atom stereocenters. The molecule has 0 saturated carbocycles. The van der Waals surface area contributed by atoms with Gasteiger partial charge in [0, 0.05) is 12.0 Å². The lowest BCUT2D eigenvalue weighted by Crippen LogP contribution is -2.34. The first kappa shape index (κ1) is 17.5. The molecular formula is C19H28ClNO. The Kier molecular flexibility index (Phi) is 7.41. The molecule has 0 spiro atoms. The number of benzene rings is 1. The van der Waals surface area contributed by atoms with Crippen molar-refractivity contribution in [2.75, 3.05) is 19.6 Å². The van der Waals surface area contributed by atoms with Gasteiger partial charge in [-0.05, 0) is 56.9 Å².